The molecule has 0 saturated carbocycles. The maximum absolute atomic E-state index is 13.4. The van der Waals surface area contributed by atoms with Crippen LogP contribution in [0.25, 0.3) is 0 Å². The molecule has 45 heavy (non-hydrogen) atoms. The zero-order valence-corrected chi connectivity index (χ0v) is 25.0. The van der Waals surface area contributed by atoms with Gasteiger partial charge >= 0.3 is 23.9 Å². The zero-order valence-electron chi connectivity index (χ0n) is 24.2. The number of rotatable bonds is 10. The Bertz CT molecular complexity index is 1580. The summed E-state index contributed by atoms with van der Waals surface area (Å²) in [5, 5.41) is 0. The predicted octanol–water partition coefficient (Wildman–Crippen LogP) is 5.61. The molecule has 0 radical (unpaired) electrons. The third kappa shape index (κ3) is 7.97. The van der Waals surface area contributed by atoms with E-state index in [-0.39, 0.29) is 23.3 Å². The van der Waals surface area contributed by atoms with Gasteiger partial charge < -0.3 is 23.7 Å². The number of carbonyl (C=O) groups is 4. The number of benzene rings is 4. The Morgan fingerprint density at radius 1 is 0.533 bits per heavy atom. The molecule has 0 amide bonds. The van der Waals surface area contributed by atoms with Gasteiger partial charge in [0, 0.05) is 0 Å². The molecule has 4 unspecified atom stereocenters. The lowest BCUT2D eigenvalue weighted by Gasteiger charge is -2.44. The van der Waals surface area contributed by atoms with Crippen LogP contribution < -0.4 is 0 Å². The van der Waals surface area contributed by atoms with Crippen molar-refractivity contribution in [3.05, 3.63) is 144 Å². The Hall–Kier alpha value is -4.93. The molecule has 230 valence electrons. The van der Waals surface area contributed by atoms with E-state index in [9.17, 15) is 19.2 Å². The molecule has 0 spiro atoms. The van der Waals surface area contributed by atoms with Crippen LogP contribution in [0.4, 0.5) is 0 Å². The molecule has 0 bridgehead atoms. The molecule has 0 aromatic heterocycles. The molecule has 4 aromatic rings. The van der Waals surface area contributed by atoms with Crippen LogP contribution in [-0.4, -0.2) is 66.6 Å². The third-order valence-corrected chi connectivity index (χ3v) is 7.81. The lowest BCUT2D eigenvalue weighted by Crippen LogP contribution is -2.61. The highest BCUT2D eigenvalue weighted by Gasteiger charge is 2.53. The Morgan fingerprint density at radius 2 is 0.889 bits per heavy atom. The molecule has 10 heteroatoms. The van der Waals surface area contributed by atoms with E-state index in [0.29, 0.717) is 5.56 Å². The molecule has 4 aromatic carbocycles. The predicted molar refractivity (Wildman–Crippen MR) is 166 cm³/mol. The number of ether oxygens (including phenoxy) is 5. The minimum absolute atomic E-state index is 0.232. The first-order valence-corrected chi connectivity index (χ1v) is 15.4. The van der Waals surface area contributed by atoms with E-state index in [4.69, 9.17) is 23.7 Å². The first-order chi connectivity index (χ1) is 21.9. The summed E-state index contributed by atoms with van der Waals surface area (Å²) >= 11 is 1.20. The first kappa shape index (κ1) is 31.5. The minimum Gasteiger partial charge on any atom is -0.459 e. The van der Waals surface area contributed by atoms with Crippen LogP contribution in [0.3, 0.4) is 0 Å². The lowest BCUT2D eigenvalue weighted by molar-refractivity contribution is -0.207. The van der Waals surface area contributed by atoms with Crippen molar-refractivity contribution in [1.29, 1.82) is 0 Å². The summed E-state index contributed by atoms with van der Waals surface area (Å²) in [6.45, 7) is -0.351. The van der Waals surface area contributed by atoms with Crippen LogP contribution in [0, 0.1) is 0 Å². The quantitative estimate of drug-likeness (QED) is 0.163. The van der Waals surface area contributed by atoms with Crippen molar-refractivity contribution in [2.75, 3.05) is 12.9 Å². The fourth-order valence-electron chi connectivity index (χ4n) is 4.72. The molecule has 1 aliphatic rings. The van der Waals surface area contributed by atoms with Gasteiger partial charge in [-0.1, -0.05) is 72.8 Å². The summed E-state index contributed by atoms with van der Waals surface area (Å²) in [5.41, 5.74) is 0.156. The first-order valence-electron chi connectivity index (χ1n) is 14.1. The largest absolute Gasteiger partial charge is 0.459 e. The van der Waals surface area contributed by atoms with E-state index >= 15 is 0 Å². The van der Waals surface area contributed by atoms with Crippen molar-refractivity contribution in [3.63, 3.8) is 0 Å². The van der Waals surface area contributed by atoms with E-state index in [1.54, 1.807) is 128 Å². The molecule has 5 rings (SSSR count). The van der Waals surface area contributed by atoms with Crippen LogP contribution >= 0.6 is 11.8 Å². The van der Waals surface area contributed by atoms with Gasteiger partial charge in [-0.25, -0.2) is 19.2 Å². The molecule has 0 aliphatic carbocycles. The molecule has 1 fully saturated rings. The number of esters is 4. The van der Waals surface area contributed by atoms with E-state index in [1.165, 1.54) is 11.8 Å². The summed E-state index contributed by atoms with van der Waals surface area (Å²) in [4.78, 5) is 52.9. The van der Waals surface area contributed by atoms with Crippen LogP contribution in [0.15, 0.2) is 121 Å². The van der Waals surface area contributed by atoms with Crippen LogP contribution in [0.2, 0.25) is 0 Å². The second kappa shape index (κ2) is 15.2. The minimum atomic E-state index is -1.34. The molecular weight excluding hydrogens is 596 g/mol. The van der Waals surface area contributed by atoms with Crippen molar-refractivity contribution in [1.82, 2.24) is 0 Å². The van der Waals surface area contributed by atoms with Crippen LogP contribution in [-0.2, 0) is 23.7 Å². The number of carbonyl (C=O) groups excluding carboxylic acids is 4. The van der Waals surface area contributed by atoms with Gasteiger partial charge in [-0.15, -0.1) is 11.8 Å². The molecule has 0 N–H and O–H groups in total. The van der Waals surface area contributed by atoms with Crippen molar-refractivity contribution in [3.8, 4) is 0 Å². The van der Waals surface area contributed by atoms with Gasteiger partial charge in [0.25, 0.3) is 0 Å². The lowest BCUT2D eigenvalue weighted by atomic mass is 9.98. The van der Waals surface area contributed by atoms with Crippen molar-refractivity contribution < 1.29 is 42.9 Å². The molecule has 9 nitrogen and oxygen atoms in total. The molecular formula is C35H30O9S. The highest BCUT2D eigenvalue weighted by atomic mass is 32.2. The van der Waals surface area contributed by atoms with Gasteiger partial charge in [-0.05, 0) is 54.8 Å². The fraction of sp³-hybridized carbons (Fsp3) is 0.200. The summed E-state index contributed by atoms with van der Waals surface area (Å²) in [6, 6.07) is 33.2. The fourth-order valence-corrected chi connectivity index (χ4v) is 5.45. The average molecular weight is 627 g/mol. The van der Waals surface area contributed by atoms with E-state index in [0.717, 1.165) is 0 Å². The zero-order chi connectivity index (χ0) is 31.6. The molecule has 5 atom stereocenters. The van der Waals surface area contributed by atoms with Gasteiger partial charge in [0.2, 0.25) is 0 Å². The summed E-state index contributed by atoms with van der Waals surface area (Å²) in [5.74, 6) is -2.78. The second-order valence-corrected chi connectivity index (χ2v) is 10.9. The number of thioether (sulfide) groups is 1. The maximum Gasteiger partial charge on any atom is 0.338 e. The number of hydrogen-bond acceptors (Lipinski definition) is 10. The summed E-state index contributed by atoms with van der Waals surface area (Å²) in [6.07, 6.45) is -3.26. The van der Waals surface area contributed by atoms with Gasteiger partial charge in [-0.3, -0.25) is 0 Å². The van der Waals surface area contributed by atoms with Crippen molar-refractivity contribution >= 4 is 35.6 Å². The third-order valence-electron chi connectivity index (χ3n) is 6.97. The SMILES string of the molecule is CSC1O[C@H](COC(=O)c2ccccc2)C(OC(=O)c2ccccc2)C(OC(=O)c2ccccc2)C1OC(=O)c1ccccc1. The molecule has 1 heterocycles. The molecule has 1 saturated heterocycles. The Morgan fingerprint density at radius 3 is 1.29 bits per heavy atom. The highest BCUT2D eigenvalue weighted by Crippen LogP contribution is 2.34. The summed E-state index contributed by atoms with van der Waals surface area (Å²) < 4.78 is 29.8. The average Bonchev–Trinajstić information content (AvgIpc) is 3.10. The van der Waals surface area contributed by atoms with Gasteiger partial charge in [-0.2, -0.15) is 0 Å². The van der Waals surface area contributed by atoms with E-state index < -0.39 is 53.7 Å². The maximum atomic E-state index is 13.4. The highest BCUT2D eigenvalue weighted by molar-refractivity contribution is 7.99. The van der Waals surface area contributed by atoms with Crippen LogP contribution in [0.5, 0.6) is 0 Å². The van der Waals surface area contributed by atoms with Gasteiger partial charge in [0.05, 0.1) is 22.3 Å². The van der Waals surface area contributed by atoms with Gasteiger partial charge in [0.15, 0.2) is 18.3 Å². The Balaban J connectivity index is 1.50. The van der Waals surface area contributed by atoms with Crippen molar-refractivity contribution in [2.45, 2.75) is 29.9 Å². The number of hydrogen-bond donors (Lipinski definition) is 0. The van der Waals surface area contributed by atoms with E-state index in [1.807, 2.05) is 0 Å². The molecule has 1 aliphatic heterocycles. The van der Waals surface area contributed by atoms with Crippen molar-refractivity contribution in [2.24, 2.45) is 0 Å². The smallest absolute Gasteiger partial charge is 0.338 e. The normalized spacial score (nSPS) is 20.8. The summed E-state index contributed by atoms with van der Waals surface area (Å²) in [7, 11) is 0. The van der Waals surface area contributed by atoms with Gasteiger partial charge in [0.1, 0.15) is 18.1 Å². The Kier molecular flexibility index (Phi) is 10.6. The Labute approximate surface area is 264 Å². The standard InChI is InChI=1S/C35H30O9S/c1-45-35-30(44-34(39)26-20-12-5-13-21-26)29(43-33(38)25-18-10-4-11-19-25)28(42-32(37)24-16-8-3-9-17-24)27(41-35)22-40-31(36)23-14-6-2-7-15-23/h2-21,27-30,35H,22H2,1H3/t27-,28?,29?,30?,35?/m1/s1. The van der Waals surface area contributed by atoms with Crippen LogP contribution in [0.1, 0.15) is 41.4 Å². The second-order valence-electron chi connectivity index (χ2n) is 9.95. The topological polar surface area (TPSA) is 114 Å². The monoisotopic (exact) mass is 626 g/mol. The van der Waals surface area contributed by atoms with E-state index in [2.05, 4.69) is 0 Å².